The number of benzene rings is 1. The maximum absolute atomic E-state index is 13.0. The van der Waals surface area contributed by atoms with Gasteiger partial charge in [-0.15, -0.1) is 11.8 Å². The molecule has 0 atom stereocenters. The van der Waals surface area contributed by atoms with Crippen molar-refractivity contribution < 1.29 is 18.7 Å². The van der Waals surface area contributed by atoms with E-state index in [1.807, 2.05) is 0 Å². The molecule has 26 heavy (non-hydrogen) atoms. The van der Waals surface area contributed by atoms with Gasteiger partial charge in [-0.3, -0.25) is 4.79 Å². The Bertz CT molecular complexity index is 689. The number of ether oxygens (including phenoxy) is 2. The van der Waals surface area contributed by atoms with Gasteiger partial charge < -0.3 is 14.4 Å². The molecule has 0 aliphatic heterocycles. The van der Waals surface area contributed by atoms with Crippen LogP contribution in [0, 0.1) is 5.82 Å². The topological polar surface area (TPSA) is 51.7 Å². The molecule has 0 saturated carbocycles. The maximum atomic E-state index is 13.0. The maximum Gasteiger partial charge on any atom is 0.256 e. The van der Waals surface area contributed by atoms with Gasteiger partial charge in [0.1, 0.15) is 10.8 Å². The fraction of sp³-hybridized carbons (Fsp3) is 0.368. The normalized spacial score (nSPS) is 10.7. The quantitative estimate of drug-likeness (QED) is 0.594. The molecule has 0 aliphatic rings. The van der Waals surface area contributed by atoms with Crippen molar-refractivity contribution in [2.45, 2.75) is 10.8 Å². The van der Waals surface area contributed by atoms with Gasteiger partial charge in [0.15, 0.2) is 0 Å². The third kappa shape index (κ3) is 6.09. The van der Waals surface area contributed by atoms with Gasteiger partial charge in [0.25, 0.3) is 5.91 Å². The number of hydrogen-bond acceptors (Lipinski definition) is 5. The molecule has 2 rings (SSSR count). The number of hydrogen-bond donors (Lipinski definition) is 0. The second kappa shape index (κ2) is 10.9. The average Bonchev–Trinajstić information content (AvgIpc) is 2.67. The van der Waals surface area contributed by atoms with Crippen molar-refractivity contribution in [2.24, 2.45) is 0 Å². The first-order valence-corrected chi connectivity index (χ1v) is 9.23. The Kier molecular flexibility index (Phi) is 8.53. The fourth-order valence-corrected chi connectivity index (χ4v) is 3.23. The SMILES string of the molecule is COCCN(CCOC)C(=O)c1cccnc1SCc1ccc(F)cc1. The van der Waals surface area contributed by atoms with Crippen LogP contribution < -0.4 is 0 Å². The van der Waals surface area contributed by atoms with Crippen molar-refractivity contribution in [3.8, 4) is 0 Å². The number of aromatic nitrogens is 1. The molecule has 5 nitrogen and oxygen atoms in total. The number of halogens is 1. The summed E-state index contributed by atoms with van der Waals surface area (Å²) in [6, 6.07) is 9.84. The first-order chi connectivity index (χ1) is 12.7. The Morgan fingerprint density at radius 2 is 1.77 bits per heavy atom. The summed E-state index contributed by atoms with van der Waals surface area (Å²) in [5, 5.41) is 0.654. The highest BCUT2D eigenvalue weighted by atomic mass is 32.2. The Morgan fingerprint density at radius 1 is 1.12 bits per heavy atom. The summed E-state index contributed by atoms with van der Waals surface area (Å²) >= 11 is 1.46. The van der Waals surface area contributed by atoms with E-state index in [1.54, 1.807) is 49.6 Å². The lowest BCUT2D eigenvalue weighted by atomic mass is 10.2. The fourth-order valence-electron chi connectivity index (χ4n) is 2.29. The minimum atomic E-state index is -0.264. The summed E-state index contributed by atoms with van der Waals surface area (Å²) in [6.45, 7) is 1.87. The van der Waals surface area contributed by atoms with Crippen LogP contribution in [0.4, 0.5) is 4.39 Å². The zero-order valence-electron chi connectivity index (χ0n) is 15.0. The molecule has 1 aromatic heterocycles. The van der Waals surface area contributed by atoms with Crippen LogP contribution in [0.1, 0.15) is 15.9 Å². The molecule has 0 fully saturated rings. The Hall–Kier alpha value is -1.96. The molecule has 140 valence electrons. The average molecular weight is 378 g/mol. The van der Waals surface area contributed by atoms with Crippen molar-refractivity contribution in [3.05, 3.63) is 59.5 Å². The number of nitrogens with zero attached hydrogens (tertiary/aromatic N) is 2. The molecule has 2 aromatic rings. The molecule has 0 N–H and O–H groups in total. The van der Waals surface area contributed by atoms with E-state index in [9.17, 15) is 9.18 Å². The number of thioether (sulfide) groups is 1. The summed E-state index contributed by atoms with van der Waals surface area (Å²) in [4.78, 5) is 19.0. The molecule has 7 heteroatoms. The second-order valence-electron chi connectivity index (χ2n) is 5.55. The van der Waals surface area contributed by atoms with E-state index >= 15 is 0 Å². The van der Waals surface area contributed by atoms with Crippen LogP contribution in [0.5, 0.6) is 0 Å². The molecule has 0 bridgehead atoms. The van der Waals surface area contributed by atoms with E-state index in [2.05, 4.69) is 4.98 Å². The van der Waals surface area contributed by atoms with E-state index in [4.69, 9.17) is 9.47 Å². The lowest BCUT2D eigenvalue weighted by molar-refractivity contribution is 0.0623. The number of rotatable bonds is 10. The van der Waals surface area contributed by atoms with E-state index in [-0.39, 0.29) is 11.7 Å². The first-order valence-electron chi connectivity index (χ1n) is 8.25. The van der Waals surface area contributed by atoms with E-state index in [1.165, 1.54) is 23.9 Å². The molecule has 0 aliphatic carbocycles. The van der Waals surface area contributed by atoms with Crippen molar-refractivity contribution in [1.82, 2.24) is 9.88 Å². The van der Waals surface area contributed by atoms with E-state index in [0.29, 0.717) is 42.6 Å². The number of carbonyl (C=O) groups excluding carboxylic acids is 1. The largest absolute Gasteiger partial charge is 0.383 e. The van der Waals surface area contributed by atoms with Gasteiger partial charge in [-0.2, -0.15) is 0 Å². The van der Waals surface area contributed by atoms with Gasteiger partial charge in [0.05, 0.1) is 18.8 Å². The summed E-state index contributed by atoms with van der Waals surface area (Å²) in [5.74, 6) is 0.237. The molecule has 1 aromatic carbocycles. The zero-order chi connectivity index (χ0) is 18.8. The van der Waals surface area contributed by atoms with Crippen molar-refractivity contribution in [3.63, 3.8) is 0 Å². The van der Waals surface area contributed by atoms with Gasteiger partial charge in [0.2, 0.25) is 0 Å². The van der Waals surface area contributed by atoms with Crippen LogP contribution in [-0.4, -0.2) is 56.3 Å². The van der Waals surface area contributed by atoms with Gasteiger partial charge >= 0.3 is 0 Å². The van der Waals surface area contributed by atoms with Crippen LogP contribution in [0.3, 0.4) is 0 Å². The van der Waals surface area contributed by atoms with Crippen LogP contribution in [0.15, 0.2) is 47.6 Å². The van der Waals surface area contributed by atoms with E-state index in [0.717, 1.165) is 5.56 Å². The molecular formula is C19H23FN2O3S. The zero-order valence-corrected chi connectivity index (χ0v) is 15.8. The minimum Gasteiger partial charge on any atom is -0.383 e. The molecule has 0 radical (unpaired) electrons. The monoisotopic (exact) mass is 378 g/mol. The van der Waals surface area contributed by atoms with Crippen molar-refractivity contribution in [2.75, 3.05) is 40.5 Å². The summed E-state index contributed by atoms with van der Waals surface area (Å²) in [7, 11) is 3.21. The number of methoxy groups -OCH3 is 2. The Balaban J connectivity index is 2.11. The van der Waals surface area contributed by atoms with Crippen LogP contribution in [0.2, 0.25) is 0 Å². The highest BCUT2D eigenvalue weighted by Crippen LogP contribution is 2.25. The molecule has 0 spiro atoms. The van der Waals surface area contributed by atoms with Gasteiger partial charge in [-0.05, 0) is 29.8 Å². The second-order valence-corrected chi connectivity index (χ2v) is 6.51. The summed E-state index contributed by atoms with van der Waals surface area (Å²) in [6.07, 6.45) is 1.67. The lowest BCUT2D eigenvalue weighted by Crippen LogP contribution is -2.36. The van der Waals surface area contributed by atoms with Crippen LogP contribution in [0.25, 0.3) is 0 Å². The van der Waals surface area contributed by atoms with Crippen molar-refractivity contribution in [1.29, 1.82) is 0 Å². The smallest absolute Gasteiger partial charge is 0.256 e. The van der Waals surface area contributed by atoms with Crippen LogP contribution in [-0.2, 0) is 15.2 Å². The summed E-state index contributed by atoms with van der Waals surface area (Å²) < 4.78 is 23.2. The predicted molar refractivity (Wildman–Crippen MR) is 99.9 cm³/mol. The molecule has 1 heterocycles. The van der Waals surface area contributed by atoms with Gasteiger partial charge in [-0.1, -0.05) is 12.1 Å². The Morgan fingerprint density at radius 3 is 2.38 bits per heavy atom. The molecule has 1 amide bonds. The summed E-state index contributed by atoms with van der Waals surface area (Å²) in [5.41, 5.74) is 1.52. The Labute approximate surface area is 157 Å². The van der Waals surface area contributed by atoms with Gasteiger partial charge in [0, 0.05) is 39.3 Å². The number of carbonyl (C=O) groups is 1. The molecular weight excluding hydrogens is 355 g/mol. The molecule has 0 saturated heterocycles. The number of amides is 1. The predicted octanol–water partition coefficient (Wildman–Crippen LogP) is 3.25. The van der Waals surface area contributed by atoms with Gasteiger partial charge in [-0.25, -0.2) is 9.37 Å². The highest BCUT2D eigenvalue weighted by Gasteiger charge is 2.19. The van der Waals surface area contributed by atoms with E-state index < -0.39 is 0 Å². The highest BCUT2D eigenvalue weighted by molar-refractivity contribution is 7.98. The van der Waals surface area contributed by atoms with Crippen LogP contribution >= 0.6 is 11.8 Å². The van der Waals surface area contributed by atoms with Crippen molar-refractivity contribution >= 4 is 17.7 Å². The first kappa shape index (κ1) is 20.4. The third-order valence-electron chi connectivity index (χ3n) is 3.71. The lowest BCUT2D eigenvalue weighted by Gasteiger charge is -2.23. The third-order valence-corrected chi connectivity index (χ3v) is 4.78. The minimum absolute atomic E-state index is 0.103. The molecule has 0 unspecified atom stereocenters. The standard InChI is InChI=1S/C19H23FN2O3S/c1-24-12-10-22(11-13-25-2)19(23)17-4-3-9-21-18(17)26-14-15-5-7-16(20)8-6-15/h3-9H,10-14H2,1-2H3. The number of pyridine rings is 1.